The van der Waals surface area contributed by atoms with Crippen molar-refractivity contribution in [2.75, 3.05) is 4.90 Å². The molecule has 1 aromatic heterocycles. The van der Waals surface area contributed by atoms with E-state index in [9.17, 15) is 4.79 Å². The molecule has 1 heterocycles. The molecule has 0 saturated carbocycles. The zero-order valence-corrected chi connectivity index (χ0v) is 16.4. The van der Waals surface area contributed by atoms with E-state index < -0.39 is 5.97 Å². The summed E-state index contributed by atoms with van der Waals surface area (Å²) >= 11 is 1.27. The number of anilines is 3. The Morgan fingerprint density at radius 2 is 1.24 bits per heavy atom. The summed E-state index contributed by atoms with van der Waals surface area (Å²) in [6.07, 6.45) is 3.94. The molecule has 0 bridgehead atoms. The molecule has 0 aliphatic heterocycles. The van der Waals surface area contributed by atoms with Crippen molar-refractivity contribution in [1.82, 2.24) is 0 Å². The second kappa shape index (κ2) is 8.59. The third-order valence-corrected chi connectivity index (χ3v) is 5.50. The lowest BCUT2D eigenvalue weighted by Gasteiger charge is -2.25. The first-order valence-electron chi connectivity index (χ1n) is 9.22. The number of aromatic carboxylic acids is 1. The van der Waals surface area contributed by atoms with Gasteiger partial charge in [0.2, 0.25) is 0 Å². The number of thiophene rings is 1. The molecule has 4 heteroatoms. The maximum atomic E-state index is 11.0. The van der Waals surface area contributed by atoms with Crippen LogP contribution in [0.15, 0.2) is 97.1 Å². The molecule has 0 amide bonds. The molecule has 0 fully saturated rings. The highest BCUT2D eigenvalue weighted by Gasteiger charge is 2.11. The number of hydrogen-bond acceptors (Lipinski definition) is 3. The van der Waals surface area contributed by atoms with E-state index in [-0.39, 0.29) is 0 Å². The molecule has 0 unspecified atom stereocenters. The Bertz CT molecular complexity index is 1080. The maximum Gasteiger partial charge on any atom is 0.345 e. The fraction of sp³-hybridized carbons (Fsp3) is 0. The van der Waals surface area contributed by atoms with E-state index in [0.29, 0.717) is 4.88 Å². The van der Waals surface area contributed by atoms with Crippen LogP contribution in [-0.2, 0) is 0 Å². The minimum atomic E-state index is -0.888. The predicted molar refractivity (Wildman–Crippen MR) is 121 cm³/mol. The lowest BCUT2D eigenvalue weighted by molar-refractivity contribution is 0.0702. The van der Waals surface area contributed by atoms with Crippen LogP contribution in [0.4, 0.5) is 17.1 Å². The van der Waals surface area contributed by atoms with Gasteiger partial charge in [0.05, 0.1) is 0 Å². The van der Waals surface area contributed by atoms with Crippen molar-refractivity contribution in [3.63, 3.8) is 0 Å². The molecule has 0 saturated heterocycles. The van der Waals surface area contributed by atoms with Crippen molar-refractivity contribution in [2.24, 2.45) is 0 Å². The molecule has 0 spiro atoms. The van der Waals surface area contributed by atoms with Crippen molar-refractivity contribution in [1.29, 1.82) is 0 Å². The lowest BCUT2D eigenvalue weighted by Crippen LogP contribution is -2.09. The van der Waals surface area contributed by atoms with Gasteiger partial charge in [-0.3, -0.25) is 0 Å². The summed E-state index contributed by atoms with van der Waals surface area (Å²) in [5.41, 5.74) is 4.33. The third-order valence-electron chi connectivity index (χ3n) is 4.46. The molecule has 3 nitrogen and oxygen atoms in total. The lowest BCUT2D eigenvalue weighted by atomic mass is 10.1. The van der Waals surface area contributed by atoms with Gasteiger partial charge in [-0.15, -0.1) is 11.3 Å². The molecule has 4 aromatic rings. The summed E-state index contributed by atoms with van der Waals surface area (Å²) in [5, 5.41) is 9.04. The second-order valence-electron chi connectivity index (χ2n) is 6.44. The number of benzene rings is 3. The van der Waals surface area contributed by atoms with Gasteiger partial charge in [-0.2, -0.15) is 0 Å². The molecule has 4 rings (SSSR count). The molecule has 142 valence electrons. The highest BCUT2D eigenvalue weighted by molar-refractivity contribution is 7.14. The van der Waals surface area contributed by atoms with Crippen LogP contribution in [-0.4, -0.2) is 11.1 Å². The number of carboxylic acids is 1. The summed E-state index contributed by atoms with van der Waals surface area (Å²) < 4.78 is 0. The summed E-state index contributed by atoms with van der Waals surface area (Å²) in [4.78, 5) is 14.5. The number of rotatable bonds is 6. The molecule has 29 heavy (non-hydrogen) atoms. The molecule has 1 N–H and O–H groups in total. The van der Waals surface area contributed by atoms with Crippen molar-refractivity contribution in [3.05, 3.63) is 112 Å². The van der Waals surface area contributed by atoms with Crippen molar-refractivity contribution in [3.8, 4) is 0 Å². The number of hydrogen-bond donors (Lipinski definition) is 1. The zero-order valence-electron chi connectivity index (χ0n) is 15.6. The monoisotopic (exact) mass is 397 g/mol. The van der Waals surface area contributed by atoms with E-state index in [1.165, 1.54) is 11.3 Å². The van der Waals surface area contributed by atoms with E-state index in [4.69, 9.17) is 5.11 Å². The van der Waals surface area contributed by atoms with Crippen LogP contribution in [0.3, 0.4) is 0 Å². The normalized spacial score (nSPS) is 10.9. The topological polar surface area (TPSA) is 40.5 Å². The van der Waals surface area contributed by atoms with Crippen LogP contribution in [0, 0.1) is 0 Å². The first-order valence-corrected chi connectivity index (χ1v) is 10.0. The number of carboxylic acid groups (broad SMARTS) is 1. The fourth-order valence-corrected chi connectivity index (χ4v) is 3.82. The molecule has 3 aromatic carbocycles. The molecule has 0 aliphatic rings. The van der Waals surface area contributed by atoms with E-state index in [0.717, 1.165) is 27.5 Å². The van der Waals surface area contributed by atoms with Gasteiger partial charge in [0.15, 0.2) is 0 Å². The minimum Gasteiger partial charge on any atom is -0.477 e. The zero-order chi connectivity index (χ0) is 20.1. The average molecular weight is 397 g/mol. The maximum absolute atomic E-state index is 11.0. The smallest absolute Gasteiger partial charge is 0.345 e. The van der Waals surface area contributed by atoms with E-state index in [1.54, 1.807) is 6.07 Å². The quantitative estimate of drug-likeness (QED) is 0.378. The van der Waals surface area contributed by atoms with E-state index >= 15 is 0 Å². The largest absolute Gasteiger partial charge is 0.477 e. The Kier molecular flexibility index (Phi) is 5.54. The Morgan fingerprint density at radius 3 is 1.76 bits per heavy atom. The van der Waals surface area contributed by atoms with Gasteiger partial charge in [-0.25, -0.2) is 4.79 Å². The average Bonchev–Trinajstić information content (AvgIpc) is 3.25. The highest BCUT2D eigenvalue weighted by Crippen LogP contribution is 2.34. The Balaban J connectivity index is 1.60. The van der Waals surface area contributed by atoms with Crippen LogP contribution in [0.2, 0.25) is 0 Å². The summed E-state index contributed by atoms with van der Waals surface area (Å²) in [6, 6.07) is 32.3. The van der Waals surface area contributed by atoms with Crippen LogP contribution >= 0.6 is 11.3 Å². The van der Waals surface area contributed by atoms with Crippen LogP contribution < -0.4 is 4.90 Å². The Hall–Kier alpha value is -3.63. The van der Waals surface area contributed by atoms with Gasteiger partial charge in [0, 0.05) is 21.9 Å². The number of nitrogens with zero attached hydrogens (tertiary/aromatic N) is 1. The molecule has 0 atom stereocenters. The molecular formula is C25H19NO2S. The predicted octanol–water partition coefficient (Wildman–Crippen LogP) is 7.09. The first-order chi connectivity index (χ1) is 14.2. The fourth-order valence-electron chi connectivity index (χ4n) is 3.07. The summed E-state index contributed by atoms with van der Waals surface area (Å²) in [7, 11) is 0. The van der Waals surface area contributed by atoms with Gasteiger partial charge < -0.3 is 10.0 Å². The molecular weight excluding hydrogens is 378 g/mol. The Morgan fingerprint density at radius 1 is 0.690 bits per heavy atom. The van der Waals surface area contributed by atoms with E-state index in [2.05, 4.69) is 53.4 Å². The summed E-state index contributed by atoms with van der Waals surface area (Å²) in [6.45, 7) is 0. The molecule has 0 radical (unpaired) electrons. The van der Waals surface area contributed by atoms with Crippen molar-refractivity contribution >= 4 is 46.5 Å². The second-order valence-corrected chi connectivity index (χ2v) is 7.55. The number of carbonyl (C=O) groups is 1. The summed E-state index contributed by atoms with van der Waals surface area (Å²) in [5.74, 6) is -0.888. The minimum absolute atomic E-state index is 0.348. The van der Waals surface area contributed by atoms with E-state index in [1.807, 2.05) is 54.6 Å². The van der Waals surface area contributed by atoms with Gasteiger partial charge in [0.1, 0.15) is 4.88 Å². The highest BCUT2D eigenvalue weighted by atomic mass is 32.1. The Labute approximate surface area is 173 Å². The van der Waals surface area contributed by atoms with Gasteiger partial charge in [0.25, 0.3) is 0 Å². The standard InChI is InChI=1S/C25H19NO2S/c27-25(28)24-18-17-23(29-24)16-13-19-11-14-22(15-12-19)26(20-7-3-1-4-8-20)21-9-5-2-6-10-21/h1-18H,(H,27,28)/b16-13+. The SMILES string of the molecule is O=C(O)c1ccc(/C=C/c2ccc(N(c3ccccc3)c3ccccc3)cc2)s1. The molecule has 0 aliphatic carbocycles. The van der Waals surface area contributed by atoms with Crippen LogP contribution in [0.25, 0.3) is 12.2 Å². The van der Waals surface area contributed by atoms with Gasteiger partial charge in [-0.1, -0.05) is 54.6 Å². The van der Waals surface area contributed by atoms with Crippen LogP contribution in [0.5, 0.6) is 0 Å². The van der Waals surface area contributed by atoms with Crippen molar-refractivity contribution < 1.29 is 9.90 Å². The van der Waals surface area contributed by atoms with Crippen LogP contribution in [0.1, 0.15) is 20.1 Å². The van der Waals surface area contributed by atoms with Crippen molar-refractivity contribution in [2.45, 2.75) is 0 Å². The number of para-hydroxylation sites is 2. The third kappa shape index (κ3) is 4.45. The van der Waals surface area contributed by atoms with Gasteiger partial charge >= 0.3 is 5.97 Å². The van der Waals surface area contributed by atoms with Gasteiger partial charge in [-0.05, 0) is 60.2 Å². The first kappa shape index (κ1) is 18.7.